The van der Waals surface area contributed by atoms with E-state index < -0.39 is 35.2 Å². The highest BCUT2D eigenvalue weighted by Gasteiger charge is 2.42. The SMILES string of the molecule is Cc1cccc(C(C(=O)NC(C)(C)C)N(C(=O)C(C)NC(=O)OC(C)(C)C)C2CCC2)c1O. The van der Waals surface area contributed by atoms with Gasteiger partial charge in [0.25, 0.3) is 0 Å². The number of nitrogens with one attached hydrogen (secondary N) is 2. The predicted molar refractivity (Wildman–Crippen MR) is 127 cm³/mol. The first-order valence-corrected chi connectivity index (χ1v) is 11.5. The highest BCUT2D eigenvalue weighted by atomic mass is 16.6. The number of aromatic hydroxyl groups is 1. The van der Waals surface area contributed by atoms with E-state index in [1.807, 2.05) is 20.8 Å². The number of ether oxygens (including phenoxy) is 1. The zero-order valence-corrected chi connectivity index (χ0v) is 21.1. The number of rotatable bonds is 6. The molecule has 1 aliphatic carbocycles. The molecule has 0 aliphatic heterocycles. The van der Waals surface area contributed by atoms with Gasteiger partial charge in [0.05, 0.1) is 0 Å². The molecule has 1 aliphatic rings. The fourth-order valence-corrected chi connectivity index (χ4v) is 3.71. The summed E-state index contributed by atoms with van der Waals surface area (Å²) in [7, 11) is 0. The number of hydrogen-bond acceptors (Lipinski definition) is 5. The third kappa shape index (κ3) is 7.11. The number of hydrogen-bond donors (Lipinski definition) is 3. The molecule has 0 radical (unpaired) electrons. The third-order valence-electron chi connectivity index (χ3n) is 5.41. The second-order valence-electron chi connectivity index (χ2n) is 10.9. The molecule has 3 amide bonds. The normalized spacial score (nSPS) is 16.2. The van der Waals surface area contributed by atoms with Gasteiger partial charge in [-0.1, -0.05) is 18.2 Å². The molecule has 184 valence electrons. The molecule has 2 rings (SSSR count). The zero-order valence-electron chi connectivity index (χ0n) is 21.1. The number of benzene rings is 1. The second-order valence-corrected chi connectivity index (χ2v) is 10.9. The minimum absolute atomic E-state index is 0.0172. The average Bonchev–Trinajstić information content (AvgIpc) is 2.59. The van der Waals surface area contributed by atoms with Gasteiger partial charge in [0.1, 0.15) is 23.4 Å². The van der Waals surface area contributed by atoms with Crippen LogP contribution >= 0.6 is 0 Å². The zero-order chi connectivity index (χ0) is 25.1. The smallest absolute Gasteiger partial charge is 0.408 e. The molecule has 0 spiro atoms. The van der Waals surface area contributed by atoms with Crippen LogP contribution in [0.25, 0.3) is 0 Å². The van der Waals surface area contributed by atoms with Crippen LogP contribution in [0.2, 0.25) is 0 Å². The maximum atomic E-state index is 13.7. The van der Waals surface area contributed by atoms with Gasteiger partial charge in [0.2, 0.25) is 11.8 Å². The van der Waals surface area contributed by atoms with Crippen LogP contribution in [-0.4, -0.2) is 51.1 Å². The predicted octanol–water partition coefficient (Wildman–Crippen LogP) is 3.95. The lowest BCUT2D eigenvalue weighted by molar-refractivity contribution is -0.147. The van der Waals surface area contributed by atoms with Crippen molar-refractivity contribution in [1.29, 1.82) is 0 Å². The molecule has 1 aromatic carbocycles. The van der Waals surface area contributed by atoms with Gasteiger partial charge in [-0.15, -0.1) is 0 Å². The Morgan fingerprint density at radius 3 is 2.21 bits per heavy atom. The maximum absolute atomic E-state index is 13.7. The molecule has 8 heteroatoms. The Kier molecular flexibility index (Phi) is 8.04. The molecular weight excluding hydrogens is 422 g/mol. The van der Waals surface area contributed by atoms with Crippen LogP contribution in [0, 0.1) is 6.92 Å². The van der Waals surface area contributed by atoms with Crippen molar-refractivity contribution in [2.45, 2.75) is 104 Å². The summed E-state index contributed by atoms with van der Waals surface area (Å²) in [6.45, 7) is 14.1. The van der Waals surface area contributed by atoms with Crippen LogP contribution in [0.4, 0.5) is 4.79 Å². The van der Waals surface area contributed by atoms with Crippen LogP contribution in [0.15, 0.2) is 18.2 Å². The van der Waals surface area contributed by atoms with E-state index >= 15 is 0 Å². The van der Waals surface area contributed by atoms with Crippen LogP contribution in [0.1, 0.15) is 84.9 Å². The van der Waals surface area contributed by atoms with Gasteiger partial charge in [-0.25, -0.2) is 4.79 Å². The number of amides is 3. The summed E-state index contributed by atoms with van der Waals surface area (Å²) >= 11 is 0. The van der Waals surface area contributed by atoms with E-state index in [-0.39, 0.29) is 17.7 Å². The summed E-state index contributed by atoms with van der Waals surface area (Å²) in [5.41, 5.74) is -0.268. The van der Waals surface area contributed by atoms with E-state index in [0.29, 0.717) is 11.1 Å². The van der Waals surface area contributed by atoms with Crippen molar-refractivity contribution in [2.24, 2.45) is 0 Å². The van der Waals surface area contributed by atoms with Crippen molar-refractivity contribution >= 4 is 17.9 Å². The Bertz CT molecular complexity index is 881. The lowest BCUT2D eigenvalue weighted by Gasteiger charge is -2.44. The fraction of sp³-hybridized carbons (Fsp3) is 0.640. The number of phenols is 1. The van der Waals surface area contributed by atoms with Gasteiger partial charge in [0, 0.05) is 17.1 Å². The van der Waals surface area contributed by atoms with Gasteiger partial charge >= 0.3 is 6.09 Å². The fourth-order valence-electron chi connectivity index (χ4n) is 3.71. The molecule has 2 unspecified atom stereocenters. The number of alkyl carbamates (subject to hydrolysis) is 1. The minimum Gasteiger partial charge on any atom is -0.507 e. The van der Waals surface area contributed by atoms with Crippen molar-refractivity contribution in [3.63, 3.8) is 0 Å². The lowest BCUT2D eigenvalue weighted by Crippen LogP contribution is -2.58. The van der Waals surface area contributed by atoms with E-state index in [4.69, 9.17) is 4.74 Å². The molecule has 0 aromatic heterocycles. The summed E-state index contributed by atoms with van der Waals surface area (Å²) in [4.78, 5) is 41.0. The van der Waals surface area contributed by atoms with Crippen molar-refractivity contribution in [1.82, 2.24) is 15.5 Å². The Hall–Kier alpha value is -2.77. The molecule has 0 bridgehead atoms. The highest BCUT2D eigenvalue weighted by Crippen LogP contribution is 2.38. The van der Waals surface area contributed by atoms with E-state index in [0.717, 1.165) is 19.3 Å². The second kappa shape index (κ2) is 10.0. The summed E-state index contributed by atoms with van der Waals surface area (Å²) in [6, 6.07) is 3.05. The van der Waals surface area contributed by atoms with Crippen molar-refractivity contribution in [3.8, 4) is 5.75 Å². The summed E-state index contributed by atoms with van der Waals surface area (Å²) in [5.74, 6) is -0.801. The molecule has 33 heavy (non-hydrogen) atoms. The van der Waals surface area contributed by atoms with Crippen LogP contribution in [0.3, 0.4) is 0 Å². The molecule has 2 atom stereocenters. The van der Waals surface area contributed by atoms with E-state index in [9.17, 15) is 19.5 Å². The highest BCUT2D eigenvalue weighted by molar-refractivity contribution is 5.93. The number of carbonyl (C=O) groups is 3. The maximum Gasteiger partial charge on any atom is 0.408 e. The first kappa shape index (κ1) is 26.5. The molecule has 3 N–H and O–H groups in total. The van der Waals surface area contributed by atoms with Crippen LogP contribution < -0.4 is 10.6 Å². The number of aryl methyl sites for hydroxylation is 1. The van der Waals surface area contributed by atoms with Gasteiger partial charge in [0.15, 0.2) is 0 Å². The van der Waals surface area contributed by atoms with Gasteiger partial charge in [-0.2, -0.15) is 0 Å². The van der Waals surface area contributed by atoms with Gasteiger partial charge in [-0.05, 0) is 80.2 Å². The summed E-state index contributed by atoms with van der Waals surface area (Å²) in [6.07, 6.45) is 1.73. The molecule has 1 fully saturated rings. The Balaban J connectivity index is 2.46. The number of carbonyl (C=O) groups excluding carboxylic acids is 3. The number of nitrogens with zero attached hydrogens (tertiary/aromatic N) is 1. The average molecular weight is 462 g/mol. The van der Waals surface area contributed by atoms with Crippen LogP contribution in [-0.2, 0) is 14.3 Å². The molecule has 8 nitrogen and oxygen atoms in total. The summed E-state index contributed by atoms with van der Waals surface area (Å²) < 4.78 is 5.29. The molecule has 0 saturated heterocycles. The Morgan fingerprint density at radius 1 is 1.12 bits per heavy atom. The van der Waals surface area contributed by atoms with Crippen molar-refractivity contribution < 1.29 is 24.2 Å². The van der Waals surface area contributed by atoms with Gasteiger partial charge < -0.3 is 25.4 Å². The third-order valence-corrected chi connectivity index (χ3v) is 5.41. The largest absolute Gasteiger partial charge is 0.507 e. The Morgan fingerprint density at radius 2 is 1.73 bits per heavy atom. The Labute approximate surface area is 197 Å². The molecule has 1 aromatic rings. The van der Waals surface area contributed by atoms with E-state index in [1.54, 1.807) is 52.8 Å². The number of para-hydroxylation sites is 1. The summed E-state index contributed by atoms with van der Waals surface area (Å²) in [5, 5.41) is 16.4. The van der Waals surface area contributed by atoms with Crippen molar-refractivity contribution in [2.75, 3.05) is 0 Å². The monoisotopic (exact) mass is 461 g/mol. The quantitative estimate of drug-likeness (QED) is 0.594. The molecule has 0 heterocycles. The van der Waals surface area contributed by atoms with Gasteiger partial charge in [-0.3, -0.25) is 9.59 Å². The van der Waals surface area contributed by atoms with E-state index in [1.165, 1.54) is 4.90 Å². The van der Waals surface area contributed by atoms with Crippen molar-refractivity contribution in [3.05, 3.63) is 29.3 Å². The van der Waals surface area contributed by atoms with E-state index in [2.05, 4.69) is 10.6 Å². The lowest BCUT2D eigenvalue weighted by atomic mass is 9.87. The number of phenolic OH excluding ortho intramolecular Hbond substituents is 1. The molecule has 1 saturated carbocycles. The van der Waals surface area contributed by atoms with Crippen LogP contribution in [0.5, 0.6) is 5.75 Å². The minimum atomic E-state index is -1.04. The standard InChI is InChI=1S/C25H39N3O5/c1-15-11-9-14-18(20(15)29)19(21(30)27-24(3,4)5)28(17-12-10-13-17)22(31)16(2)26-23(32)33-25(6,7)8/h9,11,14,16-17,19,29H,10,12-13H2,1-8H3,(H,26,32)(H,27,30). The topological polar surface area (TPSA) is 108 Å². The first-order valence-electron chi connectivity index (χ1n) is 11.5. The first-order chi connectivity index (χ1) is 15.1. The molecular formula is C25H39N3O5.